The van der Waals surface area contributed by atoms with Crippen molar-refractivity contribution in [2.75, 3.05) is 10.5 Å². The molecule has 140 valence electrons. The molecule has 2 N–H and O–H groups in total. The van der Waals surface area contributed by atoms with E-state index in [9.17, 15) is 13.2 Å². The maximum atomic E-state index is 12.4. The van der Waals surface area contributed by atoms with Gasteiger partial charge in [-0.3, -0.25) is 9.52 Å². The van der Waals surface area contributed by atoms with Crippen molar-refractivity contribution in [1.82, 2.24) is 14.9 Å². The second kappa shape index (κ2) is 8.05. The number of aromatic nitrogens is 2. The zero-order valence-electron chi connectivity index (χ0n) is 14.8. The van der Waals surface area contributed by atoms with Gasteiger partial charge in [-0.05, 0) is 42.8 Å². The Morgan fingerprint density at radius 3 is 2.52 bits per heavy atom. The highest BCUT2D eigenvalue weighted by Crippen LogP contribution is 2.15. The van der Waals surface area contributed by atoms with Gasteiger partial charge in [-0.25, -0.2) is 13.4 Å². The molecule has 0 fully saturated rings. The van der Waals surface area contributed by atoms with E-state index in [1.807, 2.05) is 35.0 Å². The van der Waals surface area contributed by atoms with Gasteiger partial charge in [-0.2, -0.15) is 0 Å². The van der Waals surface area contributed by atoms with E-state index in [2.05, 4.69) is 15.0 Å². The topological polar surface area (TPSA) is 93.1 Å². The minimum absolute atomic E-state index is 0.00837. The van der Waals surface area contributed by atoms with Gasteiger partial charge in [0.05, 0.1) is 17.8 Å². The van der Waals surface area contributed by atoms with Crippen LogP contribution in [0.25, 0.3) is 5.69 Å². The van der Waals surface area contributed by atoms with Crippen LogP contribution in [0.1, 0.15) is 22.8 Å². The molecule has 8 heteroatoms. The predicted molar refractivity (Wildman–Crippen MR) is 104 cm³/mol. The molecule has 0 radical (unpaired) electrons. The molecule has 0 bridgehead atoms. The maximum Gasteiger partial charge on any atom is 0.251 e. The van der Waals surface area contributed by atoms with Gasteiger partial charge >= 0.3 is 0 Å². The fourth-order valence-corrected chi connectivity index (χ4v) is 3.17. The van der Waals surface area contributed by atoms with Gasteiger partial charge in [-0.15, -0.1) is 0 Å². The number of anilines is 1. The minimum Gasteiger partial charge on any atom is -0.348 e. The predicted octanol–water partition coefficient (Wildman–Crippen LogP) is 2.56. The van der Waals surface area contributed by atoms with E-state index in [0.29, 0.717) is 17.8 Å². The molecule has 27 heavy (non-hydrogen) atoms. The Labute approximate surface area is 158 Å². The molecule has 3 aromatic rings. The smallest absolute Gasteiger partial charge is 0.251 e. The van der Waals surface area contributed by atoms with Crippen molar-refractivity contribution in [1.29, 1.82) is 0 Å². The number of para-hydroxylation sites is 1. The molecule has 2 aromatic carbocycles. The monoisotopic (exact) mass is 384 g/mol. The number of carbonyl (C=O) groups excluding carboxylic acids is 1. The molecule has 0 aliphatic carbocycles. The number of sulfonamides is 1. The van der Waals surface area contributed by atoms with Crippen LogP contribution in [0.2, 0.25) is 0 Å². The van der Waals surface area contributed by atoms with Crippen LogP contribution in [0, 0.1) is 0 Å². The molecule has 1 amide bonds. The van der Waals surface area contributed by atoms with E-state index in [4.69, 9.17) is 0 Å². The second-order valence-corrected chi connectivity index (χ2v) is 7.88. The third-order valence-corrected chi connectivity index (χ3v) is 5.32. The molecule has 0 aliphatic rings. The van der Waals surface area contributed by atoms with Crippen molar-refractivity contribution in [3.8, 4) is 5.69 Å². The summed E-state index contributed by atoms with van der Waals surface area (Å²) in [7, 11) is -3.34. The van der Waals surface area contributed by atoms with Gasteiger partial charge in [0.1, 0.15) is 0 Å². The lowest BCUT2D eigenvalue weighted by Gasteiger charge is -2.11. The minimum atomic E-state index is -3.34. The first-order valence-electron chi connectivity index (χ1n) is 8.43. The third-order valence-electron chi connectivity index (χ3n) is 4.01. The summed E-state index contributed by atoms with van der Waals surface area (Å²) in [5, 5.41) is 2.89. The number of hydrogen-bond acceptors (Lipinski definition) is 4. The van der Waals surface area contributed by atoms with Crippen LogP contribution in [0.15, 0.2) is 67.3 Å². The number of rotatable bonds is 7. The lowest BCUT2D eigenvalue weighted by Crippen LogP contribution is -2.23. The number of nitrogens with zero attached hydrogens (tertiary/aromatic N) is 2. The summed E-state index contributed by atoms with van der Waals surface area (Å²) in [6.45, 7) is 1.92. The van der Waals surface area contributed by atoms with Gasteiger partial charge in [0.25, 0.3) is 5.91 Å². The summed E-state index contributed by atoms with van der Waals surface area (Å²) in [6.07, 6.45) is 5.25. The lowest BCUT2D eigenvalue weighted by atomic mass is 10.1. The molecular formula is C19H20N4O3S. The first-order valence-corrected chi connectivity index (χ1v) is 10.1. The molecule has 3 rings (SSSR count). The summed E-state index contributed by atoms with van der Waals surface area (Å²) in [5.41, 5.74) is 2.78. The highest BCUT2D eigenvalue weighted by Gasteiger charge is 2.10. The molecular weight excluding hydrogens is 364 g/mol. The zero-order valence-corrected chi connectivity index (χ0v) is 15.6. The zero-order chi connectivity index (χ0) is 19.3. The highest BCUT2D eigenvalue weighted by molar-refractivity contribution is 7.92. The number of nitrogens with one attached hydrogen (secondary N) is 2. The number of benzene rings is 2. The van der Waals surface area contributed by atoms with Gasteiger partial charge in [0.15, 0.2) is 0 Å². The largest absolute Gasteiger partial charge is 0.348 e. The van der Waals surface area contributed by atoms with Gasteiger partial charge in [0, 0.05) is 30.2 Å². The second-order valence-electron chi connectivity index (χ2n) is 5.86. The van der Waals surface area contributed by atoms with Gasteiger partial charge < -0.3 is 9.88 Å². The number of amides is 1. The summed E-state index contributed by atoms with van der Waals surface area (Å²) in [4.78, 5) is 16.4. The summed E-state index contributed by atoms with van der Waals surface area (Å²) < 4.78 is 27.5. The van der Waals surface area contributed by atoms with Crippen LogP contribution in [0.4, 0.5) is 5.69 Å². The Morgan fingerprint density at radius 1 is 1.11 bits per heavy atom. The first-order chi connectivity index (χ1) is 13.0. The molecule has 0 unspecified atom stereocenters. The van der Waals surface area contributed by atoms with Crippen molar-refractivity contribution in [3.63, 3.8) is 0 Å². The average molecular weight is 384 g/mol. The Kier molecular flexibility index (Phi) is 5.56. The van der Waals surface area contributed by atoms with Gasteiger partial charge in [0.2, 0.25) is 10.0 Å². The molecule has 1 heterocycles. The molecule has 1 aromatic heterocycles. The van der Waals surface area contributed by atoms with E-state index >= 15 is 0 Å². The Hall–Kier alpha value is -3.13. The van der Waals surface area contributed by atoms with Crippen LogP contribution in [0.5, 0.6) is 0 Å². The van der Waals surface area contributed by atoms with E-state index < -0.39 is 10.0 Å². The fourth-order valence-electron chi connectivity index (χ4n) is 2.53. The van der Waals surface area contributed by atoms with Crippen molar-refractivity contribution < 1.29 is 13.2 Å². The van der Waals surface area contributed by atoms with Crippen LogP contribution in [0.3, 0.4) is 0 Å². The van der Waals surface area contributed by atoms with Crippen LogP contribution < -0.4 is 10.0 Å². The number of hydrogen-bond donors (Lipinski definition) is 2. The van der Waals surface area contributed by atoms with E-state index in [-0.39, 0.29) is 11.7 Å². The molecule has 0 saturated heterocycles. The van der Waals surface area contributed by atoms with Crippen LogP contribution in [-0.4, -0.2) is 29.6 Å². The van der Waals surface area contributed by atoms with Crippen molar-refractivity contribution in [3.05, 3.63) is 78.4 Å². The summed E-state index contributed by atoms with van der Waals surface area (Å²) in [6, 6.07) is 14.1. The SMILES string of the molecule is CCS(=O)(=O)Nc1ccc(C(=O)NCc2ccccc2-n2ccnc2)cc1. The van der Waals surface area contributed by atoms with E-state index in [1.165, 1.54) is 0 Å². The molecule has 0 aliphatic heterocycles. The molecule has 7 nitrogen and oxygen atoms in total. The average Bonchev–Trinajstić information content (AvgIpc) is 3.21. The number of imidazole rings is 1. The summed E-state index contributed by atoms with van der Waals surface area (Å²) >= 11 is 0. The lowest BCUT2D eigenvalue weighted by molar-refractivity contribution is 0.0951. The maximum absolute atomic E-state index is 12.4. The normalized spacial score (nSPS) is 11.1. The van der Waals surface area contributed by atoms with E-state index in [1.54, 1.807) is 43.7 Å². The van der Waals surface area contributed by atoms with Crippen LogP contribution in [-0.2, 0) is 16.6 Å². The third kappa shape index (κ3) is 4.73. The molecule has 0 spiro atoms. The van der Waals surface area contributed by atoms with E-state index in [0.717, 1.165) is 11.3 Å². The highest BCUT2D eigenvalue weighted by atomic mass is 32.2. The molecule has 0 atom stereocenters. The Balaban J connectivity index is 1.67. The number of carbonyl (C=O) groups is 1. The quantitative estimate of drug-likeness (QED) is 0.655. The standard InChI is InChI=1S/C19H20N4O3S/c1-2-27(25,26)22-17-9-7-15(8-10-17)19(24)21-13-16-5-3-4-6-18(16)23-12-11-20-14-23/h3-12,14,22H,2,13H2,1H3,(H,21,24). The first kappa shape index (κ1) is 18.7. The summed E-state index contributed by atoms with van der Waals surface area (Å²) in [5.74, 6) is -0.244. The molecule has 0 saturated carbocycles. The Bertz CT molecular complexity index is 1010. The van der Waals surface area contributed by atoms with Crippen molar-refractivity contribution >= 4 is 21.6 Å². The van der Waals surface area contributed by atoms with Crippen molar-refractivity contribution in [2.45, 2.75) is 13.5 Å². The van der Waals surface area contributed by atoms with Crippen LogP contribution >= 0.6 is 0 Å². The van der Waals surface area contributed by atoms with Crippen molar-refractivity contribution in [2.24, 2.45) is 0 Å². The fraction of sp³-hybridized carbons (Fsp3) is 0.158. The Morgan fingerprint density at radius 2 is 1.85 bits per heavy atom. The van der Waals surface area contributed by atoms with Gasteiger partial charge in [-0.1, -0.05) is 18.2 Å².